The molecule has 0 amide bonds. The van der Waals surface area contributed by atoms with Crippen LogP contribution in [0.3, 0.4) is 0 Å². The van der Waals surface area contributed by atoms with Crippen LogP contribution in [0.2, 0.25) is 0 Å². The molecule has 0 spiro atoms. The summed E-state index contributed by atoms with van der Waals surface area (Å²) in [5.74, 6) is -0.900. The zero-order valence-corrected chi connectivity index (χ0v) is 7.76. The average molecular weight is 195 g/mol. The molecule has 14 heavy (non-hydrogen) atoms. The van der Waals surface area contributed by atoms with E-state index in [0.717, 1.165) is 18.5 Å². The van der Waals surface area contributed by atoms with Gasteiger partial charge in [0.05, 0.1) is 12.7 Å². The average Bonchev–Trinajstić information content (AvgIpc) is 2.62. The highest BCUT2D eigenvalue weighted by Gasteiger charge is 2.20. The van der Waals surface area contributed by atoms with Crippen LogP contribution in [0.25, 0.3) is 0 Å². The summed E-state index contributed by atoms with van der Waals surface area (Å²) >= 11 is 0. The van der Waals surface area contributed by atoms with Crippen LogP contribution in [0.5, 0.6) is 0 Å². The third kappa shape index (κ3) is 1.32. The van der Waals surface area contributed by atoms with E-state index in [4.69, 9.17) is 0 Å². The van der Waals surface area contributed by atoms with Crippen molar-refractivity contribution in [2.75, 3.05) is 19.0 Å². The number of esters is 1. The minimum atomic E-state index is -0.482. The summed E-state index contributed by atoms with van der Waals surface area (Å²) in [5, 5.41) is 3.01. The van der Waals surface area contributed by atoms with E-state index in [0.29, 0.717) is 11.3 Å². The topological polar surface area (TPSA) is 38.3 Å². The molecule has 1 N–H and O–H groups in total. The molecule has 74 valence electrons. The summed E-state index contributed by atoms with van der Waals surface area (Å²) in [6.45, 7) is 0.739. The summed E-state index contributed by atoms with van der Waals surface area (Å²) in [7, 11) is 1.29. The third-order valence-electron chi connectivity index (χ3n) is 2.31. The number of carbonyl (C=O) groups excluding carboxylic acids is 1. The van der Waals surface area contributed by atoms with Gasteiger partial charge in [-0.25, -0.2) is 9.18 Å². The molecule has 3 nitrogen and oxygen atoms in total. The van der Waals surface area contributed by atoms with Gasteiger partial charge in [-0.2, -0.15) is 0 Å². The Kier molecular flexibility index (Phi) is 2.11. The van der Waals surface area contributed by atoms with Crippen LogP contribution in [-0.2, 0) is 11.2 Å². The van der Waals surface area contributed by atoms with Crippen molar-refractivity contribution in [3.63, 3.8) is 0 Å². The molecule has 1 heterocycles. The van der Waals surface area contributed by atoms with Crippen molar-refractivity contribution in [1.82, 2.24) is 0 Å². The predicted octanol–water partition coefficient (Wildman–Crippen LogP) is 1.58. The Labute approximate surface area is 80.9 Å². The Morgan fingerprint density at radius 3 is 3.07 bits per heavy atom. The van der Waals surface area contributed by atoms with E-state index in [1.807, 2.05) is 0 Å². The second-order valence-electron chi connectivity index (χ2n) is 3.15. The van der Waals surface area contributed by atoms with Crippen molar-refractivity contribution in [3.8, 4) is 0 Å². The largest absolute Gasteiger partial charge is 0.465 e. The van der Waals surface area contributed by atoms with Crippen molar-refractivity contribution >= 4 is 11.7 Å². The molecular weight excluding hydrogens is 185 g/mol. The highest BCUT2D eigenvalue weighted by atomic mass is 19.1. The van der Waals surface area contributed by atoms with Crippen LogP contribution >= 0.6 is 0 Å². The Bertz CT molecular complexity index is 390. The summed E-state index contributed by atoms with van der Waals surface area (Å²) in [6.07, 6.45) is 0.736. The van der Waals surface area contributed by atoms with E-state index in [-0.39, 0.29) is 0 Å². The van der Waals surface area contributed by atoms with Crippen molar-refractivity contribution in [2.45, 2.75) is 6.42 Å². The van der Waals surface area contributed by atoms with E-state index in [2.05, 4.69) is 10.1 Å². The smallest absolute Gasteiger partial charge is 0.338 e. The fraction of sp³-hybridized carbons (Fsp3) is 0.300. The zero-order valence-electron chi connectivity index (χ0n) is 7.76. The highest BCUT2D eigenvalue weighted by Crippen LogP contribution is 2.27. The molecule has 0 fully saturated rings. The minimum Gasteiger partial charge on any atom is -0.465 e. The quantitative estimate of drug-likeness (QED) is 0.691. The first-order valence-corrected chi connectivity index (χ1v) is 4.37. The molecule has 0 aliphatic carbocycles. The molecule has 0 bridgehead atoms. The third-order valence-corrected chi connectivity index (χ3v) is 2.31. The number of ether oxygens (including phenoxy) is 1. The molecule has 2 rings (SSSR count). The monoisotopic (exact) mass is 195 g/mol. The number of methoxy groups -OCH3 is 1. The molecule has 0 radical (unpaired) electrons. The SMILES string of the molecule is COC(=O)c1cc(F)cc2c1CCN2. The lowest BCUT2D eigenvalue weighted by Gasteiger charge is -2.05. The number of halogens is 1. The standard InChI is InChI=1S/C10H10FNO2/c1-14-10(13)8-4-6(11)5-9-7(8)2-3-12-9/h4-5,12H,2-3H2,1H3. The number of carbonyl (C=O) groups is 1. The molecule has 1 aromatic carbocycles. The Morgan fingerprint density at radius 1 is 1.57 bits per heavy atom. The van der Waals surface area contributed by atoms with Crippen LogP contribution in [0.1, 0.15) is 15.9 Å². The summed E-state index contributed by atoms with van der Waals surface area (Å²) in [4.78, 5) is 11.3. The van der Waals surface area contributed by atoms with Crippen molar-refractivity contribution < 1.29 is 13.9 Å². The number of rotatable bonds is 1. The van der Waals surface area contributed by atoms with E-state index in [1.54, 1.807) is 0 Å². The molecule has 0 atom stereocenters. The van der Waals surface area contributed by atoms with Gasteiger partial charge in [-0.1, -0.05) is 0 Å². The van der Waals surface area contributed by atoms with Crippen molar-refractivity contribution in [3.05, 3.63) is 29.1 Å². The number of fused-ring (bicyclic) bond motifs is 1. The van der Waals surface area contributed by atoms with Gasteiger partial charge in [-0.05, 0) is 24.1 Å². The van der Waals surface area contributed by atoms with E-state index in [9.17, 15) is 9.18 Å². The fourth-order valence-corrected chi connectivity index (χ4v) is 1.68. The lowest BCUT2D eigenvalue weighted by molar-refractivity contribution is 0.0599. The number of nitrogens with one attached hydrogen (secondary N) is 1. The van der Waals surface area contributed by atoms with Gasteiger partial charge >= 0.3 is 5.97 Å². The first kappa shape index (κ1) is 8.99. The molecule has 1 aliphatic rings. The van der Waals surface area contributed by atoms with E-state index < -0.39 is 11.8 Å². The predicted molar refractivity (Wildman–Crippen MR) is 49.9 cm³/mol. The maximum atomic E-state index is 13.1. The molecular formula is C10H10FNO2. The zero-order chi connectivity index (χ0) is 10.1. The number of anilines is 1. The van der Waals surface area contributed by atoms with Gasteiger partial charge in [0.25, 0.3) is 0 Å². The minimum absolute atomic E-state index is 0.326. The maximum Gasteiger partial charge on any atom is 0.338 e. The van der Waals surface area contributed by atoms with Crippen LogP contribution in [0.15, 0.2) is 12.1 Å². The van der Waals surface area contributed by atoms with Crippen LogP contribution in [0.4, 0.5) is 10.1 Å². The summed E-state index contributed by atoms with van der Waals surface area (Å²) in [5.41, 5.74) is 1.87. The molecule has 0 saturated heterocycles. The molecule has 0 saturated carbocycles. The first-order valence-electron chi connectivity index (χ1n) is 4.37. The van der Waals surface area contributed by atoms with Gasteiger partial charge in [0.1, 0.15) is 5.82 Å². The molecule has 1 aromatic rings. The second kappa shape index (κ2) is 3.29. The van der Waals surface area contributed by atoms with Crippen LogP contribution < -0.4 is 5.32 Å². The van der Waals surface area contributed by atoms with Crippen molar-refractivity contribution in [2.24, 2.45) is 0 Å². The Morgan fingerprint density at radius 2 is 2.36 bits per heavy atom. The van der Waals surface area contributed by atoms with Gasteiger partial charge in [0, 0.05) is 12.2 Å². The molecule has 0 unspecified atom stereocenters. The number of hydrogen-bond donors (Lipinski definition) is 1. The van der Waals surface area contributed by atoms with Gasteiger partial charge in [-0.15, -0.1) is 0 Å². The Hall–Kier alpha value is -1.58. The normalized spacial score (nSPS) is 13.3. The van der Waals surface area contributed by atoms with Crippen LogP contribution in [0, 0.1) is 5.82 Å². The summed E-state index contributed by atoms with van der Waals surface area (Å²) in [6, 6.07) is 2.62. The second-order valence-corrected chi connectivity index (χ2v) is 3.15. The van der Waals surface area contributed by atoms with Gasteiger partial charge in [0.2, 0.25) is 0 Å². The number of hydrogen-bond acceptors (Lipinski definition) is 3. The number of benzene rings is 1. The molecule has 4 heteroatoms. The van der Waals surface area contributed by atoms with E-state index in [1.165, 1.54) is 19.2 Å². The Balaban J connectivity index is 2.54. The lowest BCUT2D eigenvalue weighted by atomic mass is 10.0. The molecule has 0 aromatic heterocycles. The summed E-state index contributed by atoms with van der Waals surface area (Å²) < 4.78 is 17.7. The van der Waals surface area contributed by atoms with Gasteiger partial charge < -0.3 is 10.1 Å². The fourth-order valence-electron chi connectivity index (χ4n) is 1.68. The maximum absolute atomic E-state index is 13.1. The van der Waals surface area contributed by atoms with Gasteiger partial charge in [-0.3, -0.25) is 0 Å². The lowest BCUT2D eigenvalue weighted by Crippen LogP contribution is -2.05. The van der Waals surface area contributed by atoms with Crippen molar-refractivity contribution in [1.29, 1.82) is 0 Å². The van der Waals surface area contributed by atoms with E-state index >= 15 is 0 Å². The molecule has 1 aliphatic heterocycles. The van der Waals surface area contributed by atoms with Gasteiger partial charge in [0.15, 0.2) is 0 Å². The first-order chi connectivity index (χ1) is 6.72. The van der Waals surface area contributed by atoms with Crippen LogP contribution in [-0.4, -0.2) is 19.6 Å². The highest BCUT2D eigenvalue weighted by molar-refractivity contribution is 5.93.